The highest BCUT2D eigenvalue weighted by molar-refractivity contribution is 7.13. The summed E-state index contributed by atoms with van der Waals surface area (Å²) in [5, 5.41) is 3.45. The summed E-state index contributed by atoms with van der Waals surface area (Å²) in [5.41, 5.74) is 0. The van der Waals surface area contributed by atoms with Crippen LogP contribution in [-0.2, 0) is 14.3 Å². The van der Waals surface area contributed by atoms with Gasteiger partial charge in [0.25, 0.3) is 0 Å². The van der Waals surface area contributed by atoms with Crippen LogP contribution in [0.2, 0.25) is 0 Å². The summed E-state index contributed by atoms with van der Waals surface area (Å²) in [7, 11) is 2.88. The Morgan fingerprint density at radius 3 is 2.82 bits per heavy atom. The molecule has 0 bridgehead atoms. The minimum atomic E-state index is -0.747. The fourth-order valence-corrected chi connectivity index (χ4v) is 2.89. The van der Waals surface area contributed by atoms with E-state index in [1.807, 2.05) is 12.1 Å². The average Bonchev–Trinajstić information content (AvgIpc) is 2.94. The summed E-state index contributed by atoms with van der Waals surface area (Å²) in [6, 6.07) is 3.71. The molecule has 1 aromatic heterocycles. The Balaban J connectivity index is 2.25. The number of nitrogens with one attached hydrogen (secondary N) is 1. The molecule has 0 aromatic carbocycles. The summed E-state index contributed by atoms with van der Waals surface area (Å²) in [5.74, 6) is -1.67. The van der Waals surface area contributed by atoms with Crippen LogP contribution in [0.5, 0.6) is 5.06 Å². The van der Waals surface area contributed by atoms with Gasteiger partial charge in [0, 0.05) is 17.3 Å². The van der Waals surface area contributed by atoms with Crippen LogP contribution in [0.25, 0.3) is 0 Å². The zero-order chi connectivity index (χ0) is 12.4. The number of methoxy groups -OCH3 is 2. The second kappa shape index (κ2) is 4.75. The van der Waals surface area contributed by atoms with Gasteiger partial charge in [-0.25, -0.2) is 0 Å². The number of ether oxygens (including phenoxy) is 2. The van der Waals surface area contributed by atoms with Crippen LogP contribution in [0.15, 0.2) is 12.1 Å². The van der Waals surface area contributed by atoms with Gasteiger partial charge in [-0.2, -0.15) is 0 Å². The van der Waals surface area contributed by atoms with Gasteiger partial charge >= 0.3 is 5.97 Å². The van der Waals surface area contributed by atoms with Crippen LogP contribution in [0, 0.1) is 5.92 Å². The van der Waals surface area contributed by atoms with Crippen LogP contribution >= 0.6 is 11.3 Å². The molecular weight excluding hydrogens is 242 g/mol. The van der Waals surface area contributed by atoms with Gasteiger partial charge in [0.05, 0.1) is 14.2 Å². The molecule has 2 heterocycles. The maximum Gasteiger partial charge on any atom is 0.318 e. The van der Waals surface area contributed by atoms with Crippen molar-refractivity contribution < 1.29 is 19.1 Å². The number of hydrogen-bond donors (Lipinski definition) is 1. The molecule has 0 aliphatic carbocycles. The quantitative estimate of drug-likeness (QED) is 0.639. The summed E-state index contributed by atoms with van der Waals surface area (Å²) < 4.78 is 9.76. The van der Waals surface area contributed by atoms with Gasteiger partial charge in [-0.3, -0.25) is 9.59 Å². The molecule has 5 nitrogen and oxygen atoms in total. The molecule has 2 atom stereocenters. The first-order chi connectivity index (χ1) is 8.17. The van der Waals surface area contributed by atoms with Crippen molar-refractivity contribution >= 4 is 23.2 Å². The van der Waals surface area contributed by atoms with Crippen molar-refractivity contribution in [2.24, 2.45) is 5.92 Å². The molecule has 2 rings (SSSR count). The zero-order valence-electron chi connectivity index (χ0n) is 9.56. The van der Waals surface area contributed by atoms with E-state index in [0.717, 1.165) is 9.94 Å². The van der Waals surface area contributed by atoms with Crippen molar-refractivity contribution in [3.63, 3.8) is 0 Å². The Bertz CT molecular complexity index is 442. The van der Waals surface area contributed by atoms with Crippen molar-refractivity contribution in [2.75, 3.05) is 20.8 Å². The van der Waals surface area contributed by atoms with E-state index in [1.165, 1.54) is 18.4 Å². The normalized spacial score (nSPS) is 23.3. The zero-order valence-corrected chi connectivity index (χ0v) is 10.4. The van der Waals surface area contributed by atoms with Gasteiger partial charge in [0.2, 0.25) is 5.91 Å². The number of esters is 1. The largest absolute Gasteiger partial charge is 0.487 e. The first kappa shape index (κ1) is 11.9. The van der Waals surface area contributed by atoms with Crippen molar-refractivity contribution in [3.05, 3.63) is 17.0 Å². The smallest absolute Gasteiger partial charge is 0.318 e. The topological polar surface area (TPSA) is 64.6 Å². The number of amides is 1. The highest BCUT2D eigenvalue weighted by Crippen LogP contribution is 2.36. The highest BCUT2D eigenvalue weighted by atomic mass is 32.1. The predicted molar refractivity (Wildman–Crippen MR) is 62.1 cm³/mol. The van der Waals surface area contributed by atoms with Gasteiger partial charge in [-0.1, -0.05) is 0 Å². The maximum atomic E-state index is 11.6. The minimum absolute atomic E-state index is 0.163. The van der Waals surface area contributed by atoms with E-state index in [-0.39, 0.29) is 11.8 Å². The van der Waals surface area contributed by atoms with Gasteiger partial charge in [-0.15, -0.1) is 11.3 Å². The monoisotopic (exact) mass is 255 g/mol. The van der Waals surface area contributed by atoms with E-state index in [2.05, 4.69) is 10.1 Å². The molecule has 17 heavy (non-hydrogen) atoms. The van der Waals surface area contributed by atoms with E-state index in [1.54, 1.807) is 7.11 Å². The molecule has 1 fully saturated rings. The van der Waals surface area contributed by atoms with E-state index in [9.17, 15) is 9.59 Å². The van der Waals surface area contributed by atoms with Gasteiger partial charge < -0.3 is 14.8 Å². The van der Waals surface area contributed by atoms with Crippen LogP contribution in [0.3, 0.4) is 0 Å². The third-order valence-electron chi connectivity index (χ3n) is 2.80. The van der Waals surface area contributed by atoms with E-state index >= 15 is 0 Å². The van der Waals surface area contributed by atoms with E-state index in [4.69, 9.17) is 4.74 Å². The lowest BCUT2D eigenvalue weighted by Gasteiger charge is -2.12. The Morgan fingerprint density at radius 2 is 2.24 bits per heavy atom. The number of carbonyl (C=O) groups is 2. The van der Waals surface area contributed by atoms with Crippen molar-refractivity contribution in [1.29, 1.82) is 0 Å². The molecule has 0 spiro atoms. The molecule has 92 valence electrons. The van der Waals surface area contributed by atoms with Gasteiger partial charge in [0.1, 0.15) is 5.92 Å². The summed E-state index contributed by atoms with van der Waals surface area (Å²) in [6.07, 6.45) is 0. The van der Waals surface area contributed by atoms with Gasteiger partial charge in [-0.05, 0) is 12.1 Å². The van der Waals surface area contributed by atoms with E-state index < -0.39 is 11.9 Å². The first-order valence-electron chi connectivity index (χ1n) is 5.16. The van der Waals surface area contributed by atoms with Crippen molar-refractivity contribution in [1.82, 2.24) is 5.32 Å². The molecule has 1 N–H and O–H groups in total. The molecule has 1 aliphatic rings. The molecule has 1 saturated heterocycles. The molecular formula is C11H13NO4S. The Morgan fingerprint density at radius 1 is 1.47 bits per heavy atom. The minimum Gasteiger partial charge on any atom is -0.487 e. The number of thiophene rings is 1. The van der Waals surface area contributed by atoms with Crippen molar-refractivity contribution in [2.45, 2.75) is 5.92 Å². The first-order valence-corrected chi connectivity index (χ1v) is 5.98. The maximum absolute atomic E-state index is 11.6. The van der Waals surface area contributed by atoms with Crippen LogP contribution < -0.4 is 10.1 Å². The predicted octanol–water partition coefficient (Wildman–Crippen LogP) is 0.759. The second-order valence-corrected chi connectivity index (χ2v) is 4.79. The Kier molecular flexibility index (Phi) is 3.33. The third-order valence-corrected chi connectivity index (χ3v) is 3.98. The Hall–Kier alpha value is -1.56. The fraction of sp³-hybridized carbons (Fsp3) is 0.455. The standard InChI is InChI=1S/C11H13NO4S/c1-15-8-4-3-7(17-8)6-5-12-10(13)9(6)11(14)16-2/h3-4,6,9H,5H2,1-2H3,(H,12,13)/t6-,9+/m1/s1. The third kappa shape index (κ3) is 2.12. The fourth-order valence-electron chi connectivity index (χ4n) is 1.93. The summed E-state index contributed by atoms with van der Waals surface area (Å²) in [6.45, 7) is 0.461. The molecule has 0 saturated carbocycles. The second-order valence-electron chi connectivity index (χ2n) is 3.71. The summed E-state index contributed by atoms with van der Waals surface area (Å²) in [4.78, 5) is 24.1. The lowest BCUT2D eigenvalue weighted by molar-refractivity contribution is -0.149. The van der Waals surface area contributed by atoms with E-state index in [0.29, 0.717) is 6.54 Å². The van der Waals surface area contributed by atoms with Crippen LogP contribution in [0.1, 0.15) is 10.8 Å². The van der Waals surface area contributed by atoms with Crippen molar-refractivity contribution in [3.8, 4) is 5.06 Å². The molecule has 0 radical (unpaired) electrons. The number of carbonyl (C=O) groups excluding carboxylic acids is 2. The highest BCUT2D eigenvalue weighted by Gasteiger charge is 2.42. The average molecular weight is 255 g/mol. The SMILES string of the molecule is COC(=O)[C@@H]1C(=O)NC[C@@H]1c1ccc(OC)s1. The molecule has 1 aromatic rings. The van der Waals surface area contributed by atoms with Crippen LogP contribution in [0.4, 0.5) is 0 Å². The summed E-state index contributed by atoms with van der Waals surface area (Å²) >= 11 is 1.44. The molecule has 1 amide bonds. The molecule has 1 aliphatic heterocycles. The lowest BCUT2D eigenvalue weighted by atomic mass is 9.94. The number of hydrogen-bond acceptors (Lipinski definition) is 5. The lowest BCUT2D eigenvalue weighted by Crippen LogP contribution is -2.27. The Labute approximate surface area is 103 Å². The van der Waals surface area contributed by atoms with Crippen LogP contribution in [-0.4, -0.2) is 32.6 Å². The van der Waals surface area contributed by atoms with Gasteiger partial charge in [0.15, 0.2) is 5.06 Å². The number of rotatable bonds is 3. The molecule has 6 heteroatoms. The molecule has 0 unspecified atom stereocenters.